The van der Waals surface area contributed by atoms with Crippen molar-refractivity contribution in [2.75, 3.05) is 12.4 Å². The summed E-state index contributed by atoms with van der Waals surface area (Å²) in [7, 11) is 1.42. The number of carbonyl (C=O) groups excluding carboxylic acids is 1. The maximum Gasteiger partial charge on any atom is 0.259 e. The number of hydrogen-bond acceptors (Lipinski definition) is 3. The van der Waals surface area contributed by atoms with Gasteiger partial charge in [-0.1, -0.05) is 65.1 Å². The molecule has 0 saturated heterocycles. The van der Waals surface area contributed by atoms with Crippen LogP contribution in [0.1, 0.15) is 27.6 Å². The number of anilines is 1. The predicted molar refractivity (Wildman–Crippen MR) is 113 cm³/mol. The van der Waals surface area contributed by atoms with Gasteiger partial charge in [-0.05, 0) is 35.9 Å². The molecule has 0 heterocycles. The standard InChI is InChI=1S/C21H16Cl3NO3/c1-28-20-16(10-14(23)11-17(20)24)21(27)25-18-8-7-13(22)9-15(18)19(26)12-5-3-2-4-6-12/h2-11,19,26H,1H3,(H,25,27)/t19-/m1/s1. The average molecular weight is 437 g/mol. The number of benzene rings is 3. The maximum absolute atomic E-state index is 12.9. The van der Waals surface area contributed by atoms with Crippen LogP contribution in [-0.4, -0.2) is 18.1 Å². The van der Waals surface area contributed by atoms with Crippen LogP contribution in [0.15, 0.2) is 60.7 Å². The number of aliphatic hydroxyl groups excluding tert-OH is 1. The van der Waals surface area contributed by atoms with Crippen LogP contribution in [0, 0.1) is 0 Å². The summed E-state index contributed by atoms with van der Waals surface area (Å²) in [5.41, 5.74) is 1.71. The molecule has 0 bridgehead atoms. The molecule has 3 aromatic rings. The van der Waals surface area contributed by atoms with Crippen LogP contribution in [0.2, 0.25) is 15.1 Å². The van der Waals surface area contributed by atoms with Gasteiger partial charge in [0.1, 0.15) is 11.9 Å². The van der Waals surface area contributed by atoms with Crippen molar-refractivity contribution in [1.29, 1.82) is 0 Å². The smallest absolute Gasteiger partial charge is 0.259 e. The van der Waals surface area contributed by atoms with E-state index in [1.54, 1.807) is 30.3 Å². The lowest BCUT2D eigenvalue weighted by atomic mass is 9.99. The van der Waals surface area contributed by atoms with Crippen molar-refractivity contribution in [3.8, 4) is 5.75 Å². The van der Waals surface area contributed by atoms with Gasteiger partial charge in [0.25, 0.3) is 5.91 Å². The highest BCUT2D eigenvalue weighted by Crippen LogP contribution is 2.34. The summed E-state index contributed by atoms with van der Waals surface area (Å²) in [6.07, 6.45) is -0.972. The highest BCUT2D eigenvalue weighted by molar-refractivity contribution is 6.36. The van der Waals surface area contributed by atoms with Crippen LogP contribution < -0.4 is 10.1 Å². The van der Waals surface area contributed by atoms with Gasteiger partial charge < -0.3 is 15.2 Å². The van der Waals surface area contributed by atoms with E-state index in [2.05, 4.69) is 5.32 Å². The summed E-state index contributed by atoms with van der Waals surface area (Å²) in [5.74, 6) is -0.271. The molecule has 0 aliphatic rings. The third kappa shape index (κ3) is 4.42. The average Bonchev–Trinajstić information content (AvgIpc) is 2.68. The molecule has 7 heteroatoms. The molecule has 144 valence electrons. The van der Waals surface area contributed by atoms with Crippen molar-refractivity contribution in [2.24, 2.45) is 0 Å². The van der Waals surface area contributed by atoms with Gasteiger partial charge in [0.15, 0.2) is 0 Å². The first-order chi connectivity index (χ1) is 13.4. The van der Waals surface area contributed by atoms with Crippen LogP contribution in [0.25, 0.3) is 0 Å². The van der Waals surface area contributed by atoms with Crippen LogP contribution in [-0.2, 0) is 0 Å². The van der Waals surface area contributed by atoms with E-state index in [4.69, 9.17) is 39.5 Å². The van der Waals surface area contributed by atoms with Crippen LogP contribution in [0.3, 0.4) is 0 Å². The van der Waals surface area contributed by atoms with Gasteiger partial charge in [-0.15, -0.1) is 0 Å². The van der Waals surface area contributed by atoms with Gasteiger partial charge in [0, 0.05) is 21.3 Å². The Kier molecular flexibility index (Phi) is 6.47. The normalized spacial score (nSPS) is 11.8. The van der Waals surface area contributed by atoms with E-state index >= 15 is 0 Å². The Hall–Kier alpha value is -2.24. The topological polar surface area (TPSA) is 58.6 Å². The van der Waals surface area contributed by atoms with Crippen LogP contribution >= 0.6 is 34.8 Å². The fourth-order valence-corrected chi connectivity index (χ4v) is 3.57. The minimum absolute atomic E-state index is 0.176. The largest absolute Gasteiger partial charge is 0.494 e. The van der Waals surface area contributed by atoms with E-state index in [1.165, 1.54) is 19.2 Å². The number of hydrogen-bond donors (Lipinski definition) is 2. The lowest BCUT2D eigenvalue weighted by Crippen LogP contribution is -2.16. The van der Waals surface area contributed by atoms with Crippen LogP contribution in [0.4, 0.5) is 5.69 Å². The maximum atomic E-state index is 12.9. The zero-order valence-electron chi connectivity index (χ0n) is 14.7. The van der Waals surface area contributed by atoms with Gasteiger partial charge in [-0.2, -0.15) is 0 Å². The summed E-state index contributed by atoms with van der Waals surface area (Å²) in [6, 6.07) is 16.9. The molecule has 0 spiro atoms. The minimum atomic E-state index is -0.972. The van der Waals surface area contributed by atoms with E-state index in [-0.39, 0.29) is 16.3 Å². The molecule has 0 radical (unpaired) electrons. The van der Waals surface area contributed by atoms with Crippen LogP contribution in [0.5, 0.6) is 5.75 Å². The van der Waals surface area contributed by atoms with Gasteiger partial charge in [-0.25, -0.2) is 0 Å². The number of aliphatic hydroxyl groups is 1. The van der Waals surface area contributed by atoms with E-state index < -0.39 is 12.0 Å². The van der Waals surface area contributed by atoms with E-state index in [9.17, 15) is 9.90 Å². The van der Waals surface area contributed by atoms with Crippen molar-refractivity contribution >= 4 is 46.4 Å². The summed E-state index contributed by atoms with van der Waals surface area (Å²) in [5, 5.41) is 14.5. The molecule has 0 saturated carbocycles. The van der Waals surface area contributed by atoms with Crippen molar-refractivity contribution < 1.29 is 14.6 Å². The van der Waals surface area contributed by atoms with Gasteiger partial charge in [-0.3, -0.25) is 4.79 Å². The number of nitrogens with one attached hydrogen (secondary N) is 1. The lowest BCUT2D eigenvalue weighted by Gasteiger charge is -2.18. The zero-order chi connectivity index (χ0) is 20.3. The summed E-state index contributed by atoms with van der Waals surface area (Å²) in [6.45, 7) is 0. The van der Waals surface area contributed by atoms with Gasteiger partial charge >= 0.3 is 0 Å². The first-order valence-electron chi connectivity index (χ1n) is 8.27. The van der Waals surface area contributed by atoms with E-state index in [0.29, 0.717) is 26.9 Å². The number of amides is 1. The fraction of sp³-hybridized carbons (Fsp3) is 0.0952. The molecule has 0 aromatic heterocycles. The Morgan fingerprint density at radius 2 is 1.71 bits per heavy atom. The number of rotatable bonds is 5. The SMILES string of the molecule is COc1c(Cl)cc(Cl)cc1C(=O)Nc1ccc(Cl)cc1[C@H](O)c1ccccc1. The van der Waals surface area contributed by atoms with Gasteiger partial charge in [0.2, 0.25) is 0 Å². The monoisotopic (exact) mass is 435 g/mol. The predicted octanol–water partition coefficient (Wildman–Crippen LogP) is 5.99. The Balaban J connectivity index is 1.99. The Labute approximate surface area is 177 Å². The highest BCUT2D eigenvalue weighted by atomic mass is 35.5. The molecule has 3 aromatic carbocycles. The quantitative estimate of drug-likeness (QED) is 0.516. The molecule has 1 amide bonds. The molecule has 0 fully saturated rings. The molecule has 0 aliphatic heterocycles. The molecule has 0 aliphatic carbocycles. The second kappa shape index (κ2) is 8.84. The highest BCUT2D eigenvalue weighted by Gasteiger charge is 2.20. The molecule has 0 unspecified atom stereocenters. The molecule has 28 heavy (non-hydrogen) atoms. The van der Waals surface area contributed by atoms with Gasteiger partial charge in [0.05, 0.1) is 17.7 Å². The number of carbonyl (C=O) groups is 1. The third-order valence-corrected chi connectivity index (χ3v) is 4.86. The second-order valence-corrected chi connectivity index (χ2v) is 7.25. The second-order valence-electron chi connectivity index (χ2n) is 5.97. The van der Waals surface area contributed by atoms with Crippen molar-refractivity contribution in [3.63, 3.8) is 0 Å². The lowest BCUT2D eigenvalue weighted by molar-refractivity contribution is 0.102. The molecule has 2 N–H and O–H groups in total. The molecular formula is C21H16Cl3NO3. The summed E-state index contributed by atoms with van der Waals surface area (Å²) in [4.78, 5) is 12.9. The van der Waals surface area contributed by atoms with E-state index in [0.717, 1.165) is 0 Å². The Morgan fingerprint density at radius 3 is 2.39 bits per heavy atom. The molecule has 1 atom stereocenters. The third-order valence-electron chi connectivity index (χ3n) is 4.13. The Morgan fingerprint density at radius 1 is 1.00 bits per heavy atom. The first kappa shape index (κ1) is 20.5. The van der Waals surface area contributed by atoms with Crippen molar-refractivity contribution in [1.82, 2.24) is 0 Å². The minimum Gasteiger partial charge on any atom is -0.494 e. The zero-order valence-corrected chi connectivity index (χ0v) is 17.0. The summed E-state index contributed by atoms with van der Waals surface area (Å²) >= 11 is 18.3. The van der Waals surface area contributed by atoms with Crippen molar-refractivity contribution in [3.05, 3.63) is 92.4 Å². The molecular weight excluding hydrogens is 421 g/mol. The summed E-state index contributed by atoms with van der Waals surface area (Å²) < 4.78 is 5.23. The number of methoxy groups -OCH3 is 1. The molecule has 3 rings (SSSR count). The number of halogens is 3. The fourth-order valence-electron chi connectivity index (χ4n) is 2.81. The number of ether oxygens (including phenoxy) is 1. The first-order valence-corrected chi connectivity index (χ1v) is 9.41. The molecule has 4 nitrogen and oxygen atoms in total. The van der Waals surface area contributed by atoms with Crippen molar-refractivity contribution in [2.45, 2.75) is 6.10 Å². The van der Waals surface area contributed by atoms with E-state index in [1.807, 2.05) is 18.2 Å². The Bertz CT molecular complexity index is 1010.